The van der Waals surface area contributed by atoms with E-state index in [1.807, 2.05) is 41.9 Å². The van der Waals surface area contributed by atoms with Crippen molar-refractivity contribution in [2.75, 3.05) is 0 Å². The van der Waals surface area contributed by atoms with Crippen molar-refractivity contribution < 1.29 is 8.42 Å². The van der Waals surface area contributed by atoms with Crippen molar-refractivity contribution in [2.24, 2.45) is 5.10 Å². The lowest BCUT2D eigenvalue weighted by atomic mass is 10.2. The molecule has 0 N–H and O–H groups in total. The number of nitrogens with zero attached hydrogens (tertiary/aromatic N) is 2. The van der Waals surface area contributed by atoms with Crippen molar-refractivity contribution in [1.29, 1.82) is 0 Å². The van der Waals surface area contributed by atoms with Crippen molar-refractivity contribution in [3.63, 3.8) is 0 Å². The first-order chi connectivity index (χ1) is 11.6. The SMILES string of the molecule is Cc1ccc(S(=O)(=O)N(Cc2cccs2)/N=C/c2cccs2)cc1. The van der Waals surface area contributed by atoms with Crippen molar-refractivity contribution in [1.82, 2.24) is 4.41 Å². The third kappa shape index (κ3) is 3.92. The standard InChI is InChI=1S/C17H16N2O2S3/c1-14-6-8-17(9-7-14)24(20,21)19(13-16-5-3-11-23-16)18-12-15-4-2-10-22-15/h2-12H,13H2,1H3/b18-12+. The lowest BCUT2D eigenvalue weighted by Gasteiger charge is -2.18. The molecule has 0 aliphatic carbocycles. The van der Waals surface area contributed by atoms with E-state index in [1.54, 1.807) is 30.5 Å². The number of hydrogen-bond acceptors (Lipinski definition) is 5. The van der Waals surface area contributed by atoms with Gasteiger partial charge >= 0.3 is 0 Å². The van der Waals surface area contributed by atoms with Crippen LogP contribution in [0.15, 0.2) is 69.3 Å². The highest BCUT2D eigenvalue weighted by Gasteiger charge is 2.23. The summed E-state index contributed by atoms with van der Waals surface area (Å²) in [5.41, 5.74) is 1.01. The quantitative estimate of drug-likeness (QED) is 0.474. The van der Waals surface area contributed by atoms with Crippen LogP contribution in [0.4, 0.5) is 0 Å². The summed E-state index contributed by atoms with van der Waals surface area (Å²) < 4.78 is 27.1. The van der Waals surface area contributed by atoms with Crippen LogP contribution >= 0.6 is 22.7 Å². The molecule has 124 valence electrons. The topological polar surface area (TPSA) is 49.7 Å². The van der Waals surface area contributed by atoms with Gasteiger partial charge in [0.1, 0.15) is 0 Å². The van der Waals surface area contributed by atoms with E-state index in [2.05, 4.69) is 5.10 Å². The van der Waals surface area contributed by atoms with Gasteiger partial charge < -0.3 is 0 Å². The van der Waals surface area contributed by atoms with E-state index in [0.717, 1.165) is 19.7 Å². The summed E-state index contributed by atoms with van der Waals surface area (Å²) in [7, 11) is -3.70. The van der Waals surface area contributed by atoms with Gasteiger partial charge in [0.05, 0.1) is 17.7 Å². The van der Waals surface area contributed by atoms with E-state index in [4.69, 9.17) is 0 Å². The second-order valence-electron chi connectivity index (χ2n) is 5.14. The van der Waals surface area contributed by atoms with E-state index >= 15 is 0 Å². The van der Waals surface area contributed by atoms with Crippen molar-refractivity contribution in [2.45, 2.75) is 18.4 Å². The third-order valence-electron chi connectivity index (χ3n) is 3.32. The molecular formula is C17H16N2O2S3. The summed E-state index contributed by atoms with van der Waals surface area (Å²) >= 11 is 3.02. The highest BCUT2D eigenvalue weighted by Crippen LogP contribution is 2.21. The molecule has 2 aromatic heterocycles. The normalized spacial score (nSPS) is 11.9. The maximum Gasteiger partial charge on any atom is 0.279 e. The Bertz CT molecular complexity index is 897. The van der Waals surface area contributed by atoms with Gasteiger partial charge in [0.15, 0.2) is 0 Å². The summed E-state index contributed by atoms with van der Waals surface area (Å²) in [4.78, 5) is 2.09. The highest BCUT2D eigenvalue weighted by atomic mass is 32.2. The Hall–Kier alpha value is -1.96. The molecule has 0 fully saturated rings. The molecule has 0 saturated carbocycles. The molecule has 24 heavy (non-hydrogen) atoms. The highest BCUT2D eigenvalue weighted by molar-refractivity contribution is 7.89. The summed E-state index contributed by atoms with van der Waals surface area (Å²) in [5.74, 6) is 0. The molecule has 0 saturated heterocycles. The molecule has 3 aromatic rings. The predicted molar refractivity (Wildman–Crippen MR) is 100 cm³/mol. The minimum Gasteiger partial charge on any atom is -0.200 e. The van der Waals surface area contributed by atoms with E-state index in [-0.39, 0.29) is 11.4 Å². The summed E-state index contributed by atoms with van der Waals surface area (Å²) in [6.45, 7) is 2.14. The van der Waals surface area contributed by atoms with Gasteiger partial charge in [-0.05, 0) is 41.9 Å². The Labute approximate surface area is 149 Å². The smallest absolute Gasteiger partial charge is 0.200 e. The number of benzene rings is 1. The van der Waals surface area contributed by atoms with E-state index in [1.165, 1.54) is 22.7 Å². The average molecular weight is 377 g/mol. The Morgan fingerprint density at radius 3 is 2.38 bits per heavy atom. The summed E-state index contributed by atoms with van der Waals surface area (Å²) in [5, 5.41) is 8.10. The number of rotatable bonds is 6. The first-order valence-corrected chi connectivity index (χ1v) is 10.4. The molecule has 0 aliphatic heterocycles. The predicted octanol–water partition coefficient (Wildman–Crippen LogP) is 4.34. The number of sulfonamides is 1. The number of thiophene rings is 2. The van der Waals surface area contributed by atoms with Crippen LogP contribution in [0, 0.1) is 6.92 Å². The van der Waals surface area contributed by atoms with Crippen LogP contribution in [0.2, 0.25) is 0 Å². The van der Waals surface area contributed by atoms with Crippen LogP contribution in [-0.2, 0) is 16.6 Å². The van der Waals surface area contributed by atoms with Crippen LogP contribution in [0.25, 0.3) is 0 Å². The Balaban J connectivity index is 1.94. The van der Waals surface area contributed by atoms with Crippen LogP contribution in [0.3, 0.4) is 0 Å². The molecule has 0 atom stereocenters. The fourth-order valence-electron chi connectivity index (χ4n) is 2.04. The summed E-state index contributed by atoms with van der Waals surface area (Å²) in [6, 6.07) is 14.4. The molecule has 0 amide bonds. The molecule has 4 nitrogen and oxygen atoms in total. The fraction of sp³-hybridized carbons (Fsp3) is 0.118. The fourth-order valence-corrected chi connectivity index (χ4v) is 4.59. The zero-order valence-corrected chi connectivity index (χ0v) is 15.4. The molecule has 1 aromatic carbocycles. The van der Waals surface area contributed by atoms with Crippen molar-refractivity contribution in [3.05, 3.63) is 74.6 Å². The Kier molecular flexibility index (Phi) is 5.13. The minimum atomic E-state index is -3.70. The maximum absolute atomic E-state index is 12.9. The molecule has 2 heterocycles. The van der Waals surface area contributed by atoms with E-state index in [9.17, 15) is 8.42 Å². The lowest BCUT2D eigenvalue weighted by Crippen LogP contribution is -2.25. The van der Waals surface area contributed by atoms with E-state index in [0.29, 0.717) is 0 Å². The monoisotopic (exact) mass is 376 g/mol. The third-order valence-corrected chi connectivity index (χ3v) is 6.64. The molecular weight excluding hydrogens is 360 g/mol. The molecule has 0 radical (unpaired) electrons. The maximum atomic E-state index is 12.9. The molecule has 0 spiro atoms. The van der Waals surface area contributed by atoms with Gasteiger partial charge in [0.25, 0.3) is 10.0 Å². The van der Waals surface area contributed by atoms with Gasteiger partial charge in [-0.3, -0.25) is 0 Å². The second kappa shape index (κ2) is 7.29. The van der Waals surface area contributed by atoms with Crippen LogP contribution in [0.1, 0.15) is 15.3 Å². The van der Waals surface area contributed by atoms with Gasteiger partial charge in [0, 0.05) is 9.75 Å². The molecule has 0 aliphatic rings. The zero-order valence-electron chi connectivity index (χ0n) is 13.0. The van der Waals surface area contributed by atoms with Crippen LogP contribution < -0.4 is 0 Å². The average Bonchev–Trinajstić information content (AvgIpc) is 3.25. The minimum absolute atomic E-state index is 0.218. The zero-order chi connectivity index (χ0) is 17.0. The Morgan fingerprint density at radius 1 is 1.04 bits per heavy atom. The van der Waals surface area contributed by atoms with E-state index < -0.39 is 10.0 Å². The molecule has 7 heteroatoms. The molecule has 0 unspecified atom stereocenters. The van der Waals surface area contributed by atoms with Gasteiger partial charge in [0.2, 0.25) is 0 Å². The lowest BCUT2D eigenvalue weighted by molar-refractivity contribution is 0.430. The van der Waals surface area contributed by atoms with Crippen molar-refractivity contribution >= 4 is 38.9 Å². The first-order valence-electron chi connectivity index (χ1n) is 7.25. The first kappa shape index (κ1) is 16.9. The largest absolute Gasteiger partial charge is 0.279 e. The van der Waals surface area contributed by atoms with Gasteiger partial charge in [-0.1, -0.05) is 29.8 Å². The van der Waals surface area contributed by atoms with Gasteiger partial charge in [-0.2, -0.15) is 17.9 Å². The summed E-state index contributed by atoms with van der Waals surface area (Å²) in [6.07, 6.45) is 1.59. The van der Waals surface area contributed by atoms with Crippen molar-refractivity contribution in [3.8, 4) is 0 Å². The molecule has 0 bridgehead atoms. The number of hydrogen-bond donors (Lipinski definition) is 0. The number of aryl methyl sites for hydroxylation is 1. The Morgan fingerprint density at radius 2 is 1.75 bits per heavy atom. The molecule has 3 rings (SSSR count). The number of hydrazone groups is 1. The van der Waals surface area contributed by atoms with Crippen LogP contribution in [0.5, 0.6) is 0 Å². The van der Waals surface area contributed by atoms with Gasteiger partial charge in [-0.25, -0.2) is 0 Å². The second-order valence-corrected chi connectivity index (χ2v) is 8.99. The van der Waals surface area contributed by atoms with Crippen LogP contribution in [-0.4, -0.2) is 19.0 Å². The van der Waals surface area contributed by atoms with Gasteiger partial charge in [-0.15, -0.1) is 22.7 Å².